The molecule has 0 saturated heterocycles. The van der Waals surface area contributed by atoms with E-state index in [4.69, 9.17) is 9.84 Å². The average Bonchev–Trinajstić information content (AvgIpc) is 2.38. The standard InChI is InChI=1S/C9H20O.C4H9NO2.C2H6/c1-5-9(4)10-7-6-8(2)3;1-4(7)5-2-3-6;1-2/h8-9H,5-7H2,1-4H3;6H,2-3H2,1H3,(H,5,7);1-2H3. The molecule has 0 aromatic heterocycles. The predicted octanol–water partition coefficient (Wildman–Crippen LogP) is 2.99. The summed E-state index contributed by atoms with van der Waals surface area (Å²) in [5.41, 5.74) is 0. The van der Waals surface area contributed by atoms with E-state index >= 15 is 0 Å². The summed E-state index contributed by atoms with van der Waals surface area (Å²) in [5, 5.41) is 10.5. The first kappa shape index (κ1) is 23.5. The zero-order chi connectivity index (χ0) is 15.7. The van der Waals surface area contributed by atoms with E-state index in [9.17, 15) is 4.79 Å². The molecule has 0 aliphatic carbocycles. The van der Waals surface area contributed by atoms with Crippen LogP contribution in [0.3, 0.4) is 0 Å². The molecule has 1 amide bonds. The zero-order valence-electron chi connectivity index (χ0n) is 14.0. The lowest BCUT2D eigenvalue weighted by Gasteiger charge is -2.11. The van der Waals surface area contributed by atoms with Crippen LogP contribution < -0.4 is 5.32 Å². The highest BCUT2D eigenvalue weighted by molar-refractivity contribution is 5.72. The van der Waals surface area contributed by atoms with Crippen molar-refractivity contribution in [3.05, 3.63) is 0 Å². The second-order valence-corrected chi connectivity index (χ2v) is 4.48. The van der Waals surface area contributed by atoms with Gasteiger partial charge in [-0.2, -0.15) is 0 Å². The molecule has 0 fully saturated rings. The average molecular weight is 277 g/mol. The Kier molecular flexibility index (Phi) is 24.4. The lowest BCUT2D eigenvalue weighted by molar-refractivity contribution is -0.119. The molecule has 0 spiro atoms. The van der Waals surface area contributed by atoms with Gasteiger partial charge < -0.3 is 15.2 Å². The van der Waals surface area contributed by atoms with Crippen molar-refractivity contribution in [1.29, 1.82) is 0 Å². The summed E-state index contributed by atoms with van der Waals surface area (Å²) in [6.07, 6.45) is 2.75. The Morgan fingerprint density at radius 1 is 1.26 bits per heavy atom. The minimum Gasteiger partial charge on any atom is -0.395 e. The van der Waals surface area contributed by atoms with Crippen LogP contribution in [0.25, 0.3) is 0 Å². The first-order valence-corrected chi connectivity index (χ1v) is 7.40. The normalized spacial score (nSPS) is 10.8. The van der Waals surface area contributed by atoms with Crippen LogP contribution in [0.1, 0.15) is 61.3 Å². The molecule has 0 bridgehead atoms. The van der Waals surface area contributed by atoms with Gasteiger partial charge in [0, 0.05) is 20.1 Å². The molecular formula is C15H35NO3. The van der Waals surface area contributed by atoms with Crippen molar-refractivity contribution in [2.45, 2.75) is 67.4 Å². The van der Waals surface area contributed by atoms with Gasteiger partial charge in [0.1, 0.15) is 0 Å². The fraction of sp³-hybridized carbons (Fsp3) is 0.933. The van der Waals surface area contributed by atoms with Gasteiger partial charge in [-0.25, -0.2) is 0 Å². The molecule has 0 aromatic carbocycles. The third-order valence-electron chi connectivity index (χ3n) is 2.16. The second-order valence-electron chi connectivity index (χ2n) is 4.48. The Balaban J connectivity index is -0.000000249. The van der Waals surface area contributed by atoms with Crippen LogP contribution in [0.2, 0.25) is 0 Å². The number of ether oxygens (including phenoxy) is 1. The molecule has 0 aliphatic heterocycles. The molecule has 2 N–H and O–H groups in total. The third-order valence-corrected chi connectivity index (χ3v) is 2.16. The highest BCUT2D eigenvalue weighted by Gasteiger charge is 1.98. The fourth-order valence-electron chi connectivity index (χ4n) is 0.855. The molecule has 0 aromatic rings. The predicted molar refractivity (Wildman–Crippen MR) is 82.3 cm³/mol. The number of amides is 1. The van der Waals surface area contributed by atoms with Crippen molar-refractivity contribution >= 4 is 5.91 Å². The molecule has 1 unspecified atom stereocenters. The summed E-state index contributed by atoms with van der Waals surface area (Å²) in [7, 11) is 0. The first-order chi connectivity index (χ1) is 8.93. The number of hydrogen-bond acceptors (Lipinski definition) is 3. The summed E-state index contributed by atoms with van der Waals surface area (Å²) < 4.78 is 5.50. The second kappa shape index (κ2) is 19.7. The lowest BCUT2D eigenvalue weighted by atomic mass is 10.1. The molecule has 4 heteroatoms. The minimum atomic E-state index is -0.103. The largest absolute Gasteiger partial charge is 0.395 e. The third kappa shape index (κ3) is 31.7. The van der Waals surface area contributed by atoms with E-state index in [0.29, 0.717) is 12.6 Å². The molecule has 0 aliphatic rings. The van der Waals surface area contributed by atoms with Gasteiger partial charge in [-0.15, -0.1) is 0 Å². The summed E-state index contributed by atoms with van der Waals surface area (Å²) in [6, 6.07) is 0. The Hall–Kier alpha value is -0.610. The quantitative estimate of drug-likeness (QED) is 0.752. The maximum Gasteiger partial charge on any atom is 0.216 e. The molecule has 0 heterocycles. The van der Waals surface area contributed by atoms with Gasteiger partial charge in [0.15, 0.2) is 0 Å². The molecule has 0 saturated carbocycles. The highest BCUT2D eigenvalue weighted by Crippen LogP contribution is 2.02. The van der Waals surface area contributed by atoms with Crippen molar-refractivity contribution in [2.75, 3.05) is 19.8 Å². The van der Waals surface area contributed by atoms with Gasteiger partial charge in [0.05, 0.1) is 12.7 Å². The van der Waals surface area contributed by atoms with E-state index in [1.807, 2.05) is 13.8 Å². The van der Waals surface area contributed by atoms with Gasteiger partial charge in [-0.05, 0) is 25.7 Å². The Bertz CT molecular complexity index is 173. The topological polar surface area (TPSA) is 58.6 Å². The molecule has 4 nitrogen and oxygen atoms in total. The van der Waals surface area contributed by atoms with E-state index in [2.05, 4.69) is 33.0 Å². The van der Waals surface area contributed by atoms with Crippen LogP contribution >= 0.6 is 0 Å². The van der Waals surface area contributed by atoms with E-state index in [0.717, 1.165) is 18.9 Å². The van der Waals surface area contributed by atoms with Gasteiger partial charge in [0.2, 0.25) is 5.91 Å². The number of carbonyl (C=O) groups is 1. The van der Waals surface area contributed by atoms with Crippen LogP contribution in [0, 0.1) is 5.92 Å². The smallest absolute Gasteiger partial charge is 0.216 e. The Morgan fingerprint density at radius 3 is 2.05 bits per heavy atom. The Labute approximate surface area is 119 Å². The van der Waals surface area contributed by atoms with E-state index in [1.54, 1.807) is 0 Å². The maximum atomic E-state index is 9.98. The van der Waals surface area contributed by atoms with Gasteiger partial charge in [-0.3, -0.25) is 4.79 Å². The van der Waals surface area contributed by atoms with Crippen LogP contribution in [0.15, 0.2) is 0 Å². The van der Waals surface area contributed by atoms with Crippen molar-refractivity contribution in [2.24, 2.45) is 5.92 Å². The Morgan fingerprint density at radius 2 is 1.79 bits per heavy atom. The monoisotopic (exact) mass is 277 g/mol. The zero-order valence-corrected chi connectivity index (χ0v) is 14.0. The van der Waals surface area contributed by atoms with Gasteiger partial charge >= 0.3 is 0 Å². The summed E-state index contributed by atoms with van der Waals surface area (Å²) in [4.78, 5) is 9.98. The molecule has 118 valence electrons. The van der Waals surface area contributed by atoms with Crippen molar-refractivity contribution in [3.8, 4) is 0 Å². The van der Waals surface area contributed by atoms with Gasteiger partial charge in [-0.1, -0.05) is 34.6 Å². The van der Waals surface area contributed by atoms with Crippen LogP contribution in [0.5, 0.6) is 0 Å². The molecule has 0 radical (unpaired) electrons. The van der Waals surface area contributed by atoms with E-state index < -0.39 is 0 Å². The van der Waals surface area contributed by atoms with Crippen LogP contribution in [-0.2, 0) is 9.53 Å². The first-order valence-electron chi connectivity index (χ1n) is 7.40. The highest BCUT2D eigenvalue weighted by atomic mass is 16.5. The molecule has 0 rings (SSSR count). The van der Waals surface area contributed by atoms with Crippen molar-refractivity contribution < 1.29 is 14.6 Å². The molecule has 19 heavy (non-hydrogen) atoms. The van der Waals surface area contributed by atoms with Crippen molar-refractivity contribution in [3.63, 3.8) is 0 Å². The van der Waals surface area contributed by atoms with E-state index in [-0.39, 0.29) is 12.5 Å². The number of hydrogen-bond donors (Lipinski definition) is 2. The van der Waals surface area contributed by atoms with Crippen LogP contribution in [0.4, 0.5) is 0 Å². The molecular weight excluding hydrogens is 242 g/mol. The number of nitrogens with one attached hydrogen (secondary N) is 1. The summed E-state index contributed by atoms with van der Waals surface area (Å²) >= 11 is 0. The number of rotatable bonds is 7. The van der Waals surface area contributed by atoms with Crippen LogP contribution in [-0.4, -0.2) is 36.9 Å². The summed E-state index contributed by atoms with van der Waals surface area (Å²) in [6.45, 7) is 15.4. The number of aliphatic hydroxyl groups excluding tert-OH is 1. The fourth-order valence-corrected chi connectivity index (χ4v) is 0.855. The van der Waals surface area contributed by atoms with Crippen molar-refractivity contribution in [1.82, 2.24) is 5.32 Å². The SMILES string of the molecule is CC.CC(=O)NCCO.CCC(C)OCCC(C)C. The van der Waals surface area contributed by atoms with Gasteiger partial charge in [0.25, 0.3) is 0 Å². The van der Waals surface area contributed by atoms with E-state index in [1.165, 1.54) is 13.3 Å². The minimum absolute atomic E-state index is 0.0135. The summed E-state index contributed by atoms with van der Waals surface area (Å²) in [5.74, 6) is 0.665. The maximum absolute atomic E-state index is 9.98. The number of aliphatic hydroxyl groups is 1. The lowest BCUT2D eigenvalue weighted by Crippen LogP contribution is -2.22. The molecule has 1 atom stereocenters. The number of carbonyl (C=O) groups excluding carboxylic acids is 1.